The summed E-state index contributed by atoms with van der Waals surface area (Å²) in [5.41, 5.74) is 6.44. The van der Waals surface area contributed by atoms with Gasteiger partial charge in [0, 0.05) is 18.0 Å². The first kappa shape index (κ1) is 29.0. The normalized spacial score (nSPS) is 18.8. The van der Waals surface area contributed by atoms with Gasteiger partial charge < -0.3 is 9.47 Å². The fourth-order valence-corrected chi connectivity index (χ4v) is 6.82. The molecule has 8 nitrogen and oxygen atoms in total. The van der Waals surface area contributed by atoms with Crippen molar-refractivity contribution in [3.05, 3.63) is 114 Å². The quantitative estimate of drug-likeness (QED) is 0.153. The Kier molecular flexibility index (Phi) is 8.20. The molecular weight excluding hydrogens is 562 g/mol. The topological polar surface area (TPSA) is 84.1 Å². The number of benzene rings is 3. The average Bonchev–Trinajstić information content (AvgIpc) is 3.51. The van der Waals surface area contributed by atoms with E-state index in [9.17, 15) is 4.79 Å². The molecule has 2 aromatic heterocycles. The lowest BCUT2D eigenvalue weighted by Gasteiger charge is -2.28. The third-order valence-corrected chi connectivity index (χ3v) is 9.37. The van der Waals surface area contributed by atoms with E-state index in [1.165, 1.54) is 44.8 Å². The highest BCUT2D eigenvalue weighted by molar-refractivity contribution is 5.91. The van der Waals surface area contributed by atoms with Crippen molar-refractivity contribution in [3.8, 4) is 22.6 Å². The lowest BCUT2D eigenvalue weighted by atomic mass is 9.86. The van der Waals surface area contributed by atoms with Gasteiger partial charge in [0.1, 0.15) is 11.3 Å². The molecule has 0 aliphatic heterocycles. The first-order chi connectivity index (χ1) is 22.1. The van der Waals surface area contributed by atoms with E-state index in [0.29, 0.717) is 18.0 Å². The lowest BCUT2D eigenvalue weighted by molar-refractivity contribution is 0.0599. The highest BCUT2D eigenvalue weighted by Crippen LogP contribution is 2.55. The number of carbonyl (C=O) groups excluding carboxylic acids is 1. The van der Waals surface area contributed by atoms with Crippen molar-refractivity contribution in [1.29, 1.82) is 0 Å². The largest absolute Gasteiger partial charge is 0.490 e. The molecule has 2 saturated carbocycles. The summed E-state index contributed by atoms with van der Waals surface area (Å²) in [5.74, 6) is 1.35. The maximum absolute atomic E-state index is 12.9. The van der Waals surface area contributed by atoms with Crippen molar-refractivity contribution in [2.45, 2.75) is 69.9 Å². The summed E-state index contributed by atoms with van der Waals surface area (Å²) in [5, 5.41) is 13.6. The Morgan fingerprint density at radius 3 is 2.51 bits per heavy atom. The number of carbonyl (C=O) groups is 1. The van der Waals surface area contributed by atoms with Gasteiger partial charge in [0.05, 0.1) is 43.0 Å². The minimum atomic E-state index is -0.386. The highest BCUT2D eigenvalue weighted by atomic mass is 16.5. The molecule has 0 spiro atoms. The van der Waals surface area contributed by atoms with Crippen LogP contribution in [0.3, 0.4) is 0 Å². The molecule has 1 unspecified atom stereocenters. The third-order valence-electron chi connectivity index (χ3n) is 9.37. The van der Waals surface area contributed by atoms with Crippen LogP contribution in [0.5, 0.6) is 5.75 Å². The van der Waals surface area contributed by atoms with E-state index in [1.807, 2.05) is 52.0 Å². The molecule has 2 aliphatic rings. The van der Waals surface area contributed by atoms with E-state index in [1.54, 1.807) is 6.20 Å². The predicted octanol–water partition coefficient (Wildman–Crippen LogP) is 7.58. The molecule has 2 fully saturated rings. The summed E-state index contributed by atoms with van der Waals surface area (Å²) >= 11 is 0. The number of hydrogen-bond donors (Lipinski definition) is 0. The Hall–Kier alpha value is -4.72. The highest BCUT2D eigenvalue weighted by Gasteiger charge is 2.46. The van der Waals surface area contributed by atoms with Crippen molar-refractivity contribution in [1.82, 2.24) is 24.8 Å². The Morgan fingerprint density at radius 2 is 1.71 bits per heavy atom. The predicted molar refractivity (Wildman–Crippen MR) is 173 cm³/mol. The summed E-state index contributed by atoms with van der Waals surface area (Å²) in [4.78, 5) is 12.9. The first-order valence-corrected chi connectivity index (χ1v) is 16.0. The number of hydrogen-bond acceptors (Lipinski definition) is 6. The molecule has 0 N–H and O–H groups in total. The van der Waals surface area contributed by atoms with Gasteiger partial charge in [0.15, 0.2) is 0 Å². The fraction of sp³-hybridized carbons (Fsp3) is 0.351. The number of rotatable bonds is 10. The van der Waals surface area contributed by atoms with Crippen molar-refractivity contribution >= 4 is 5.97 Å². The van der Waals surface area contributed by atoms with Crippen LogP contribution in [-0.2, 0) is 11.3 Å². The van der Waals surface area contributed by atoms with Gasteiger partial charge in [0.2, 0.25) is 0 Å². The van der Waals surface area contributed by atoms with Crippen LogP contribution < -0.4 is 4.74 Å². The van der Waals surface area contributed by atoms with Gasteiger partial charge in [0.25, 0.3) is 0 Å². The van der Waals surface area contributed by atoms with Crippen LogP contribution in [0.25, 0.3) is 16.8 Å². The Balaban J connectivity index is 1.14. The fourth-order valence-electron chi connectivity index (χ4n) is 6.82. The summed E-state index contributed by atoms with van der Waals surface area (Å²) < 4.78 is 15.4. The van der Waals surface area contributed by atoms with E-state index in [2.05, 4.69) is 59.7 Å². The van der Waals surface area contributed by atoms with E-state index < -0.39 is 0 Å². The Morgan fingerprint density at radius 1 is 0.933 bits per heavy atom. The maximum atomic E-state index is 12.9. The molecule has 2 heterocycles. The minimum absolute atomic E-state index is 0.0742. The van der Waals surface area contributed by atoms with Gasteiger partial charge >= 0.3 is 5.97 Å². The molecule has 230 valence electrons. The van der Waals surface area contributed by atoms with E-state index in [0.717, 1.165) is 40.4 Å². The molecule has 7 rings (SSSR count). The number of nitrogens with zero attached hydrogens (tertiary/aromatic N) is 5. The minimum Gasteiger partial charge on any atom is -0.490 e. The van der Waals surface area contributed by atoms with Crippen molar-refractivity contribution in [2.75, 3.05) is 7.11 Å². The second-order valence-corrected chi connectivity index (χ2v) is 12.4. The van der Waals surface area contributed by atoms with Crippen molar-refractivity contribution in [3.63, 3.8) is 0 Å². The zero-order valence-electron chi connectivity index (χ0n) is 25.9. The zero-order chi connectivity index (χ0) is 30.8. The molecule has 5 aromatic rings. The number of methoxy groups -OCH3 is 1. The van der Waals surface area contributed by atoms with E-state index in [-0.39, 0.29) is 23.9 Å². The summed E-state index contributed by atoms with van der Waals surface area (Å²) in [6.07, 6.45) is 11.1. The van der Waals surface area contributed by atoms with Gasteiger partial charge in [-0.2, -0.15) is 5.10 Å². The molecule has 3 atom stereocenters. The molecule has 0 bridgehead atoms. The van der Waals surface area contributed by atoms with E-state index >= 15 is 0 Å². The lowest BCUT2D eigenvalue weighted by Crippen LogP contribution is -2.25. The first-order valence-electron chi connectivity index (χ1n) is 16.0. The van der Waals surface area contributed by atoms with Crippen molar-refractivity contribution in [2.24, 2.45) is 5.92 Å². The number of aromatic nitrogens is 5. The molecule has 45 heavy (non-hydrogen) atoms. The average molecular weight is 602 g/mol. The number of esters is 1. The van der Waals surface area contributed by atoms with Crippen LogP contribution in [0.1, 0.15) is 84.6 Å². The van der Waals surface area contributed by atoms with Gasteiger partial charge in [-0.25, -0.2) is 14.2 Å². The van der Waals surface area contributed by atoms with Crippen molar-refractivity contribution < 1.29 is 14.3 Å². The molecule has 2 aliphatic carbocycles. The summed E-state index contributed by atoms with van der Waals surface area (Å²) in [6, 6.07) is 26.8. The second-order valence-electron chi connectivity index (χ2n) is 12.4. The van der Waals surface area contributed by atoms with Gasteiger partial charge in [-0.05, 0) is 73.1 Å². The Bertz CT molecular complexity index is 1770. The summed E-state index contributed by atoms with van der Waals surface area (Å²) in [6.45, 7) is 2.87. The van der Waals surface area contributed by atoms with Crippen LogP contribution in [0.15, 0.2) is 91.3 Å². The van der Waals surface area contributed by atoms with Gasteiger partial charge in [-0.1, -0.05) is 79.1 Å². The smallest absolute Gasteiger partial charge is 0.341 e. The van der Waals surface area contributed by atoms with Crippen LogP contribution in [0.4, 0.5) is 0 Å². The zero-order valence-corrected chi connectivity index (χ0v) is 25.9. The standard InChI is InChI=1S/C37H39N5O3/c1-25(27-13-7-4-8-14-27)45-31-18-10-16-29(20-31)28-15-9-17-30(19-28)42-36(34(22-38-42)37(43)44-2)33-21-32(33)35-24-41(40-39-35)23-26-11-5-3-6-12-26/h3,5-6,9-12,15-20,22,24-25,27,32-33H,4,7-8,13-14,21,23H2,1-2H3/t25-,32+,33?/m0/s1. The Labute approximate surface area is 264 Å². The van der Waals surface area contributed by atoms with Crippen LogP contribution in [0, 0.1) is 5.92 Å². The summed E-state index contributed by atoms with van der Waals surface area (Å²) in [7, 11) is 1.41. The maximum Gasteiger partial charge on any atom is 0.341 e. The second kappa shape index (κ2) is 12.7. The molecule has 3 aromatic carbocycles. The molecule has 8 heteroatoms. The molecule has 0 saturated heterocycles. The van der Waals surface area contributed by atoms with Crippen LogP contribution in [0.2, 0.25) is 0 Å². The molecular formula is C37H39N5O3. The SMILES string of the molecule is COC(=O)c1cnn(-c2cccc(-c3cccc(O[C@@H](C)C4CCCCC4)c3)c2)c1C1C[C@H]1c1cn(Cc2ccccc2)nn1. The van der Waals surface area contributed by atoms with Gasteiger partial charge in [-0.3, -0.25) is 0 Å². The van der Waals surface area contributed by atoms with Crippen LogP contribution in [-0.4, -0.2) is 44.0 Å². The van der Waals surface area contributed by atoms with Crippen LogP contribution >= 0.6 is 0 Å². The van der Waals surface area contributed by atoms with Gasteiger partial charge in [-0.15, -0.1) is 5.10 Å². The van der Waals surface area contributed by atoms with E-state index in [4.69, 9.17) is 14.6 Å². The molecule has 0 radical (unpaired) electrons. The monoisotopic (exact) mass is 601 g/mol. The third kappa shape index (κ3) is 6.27. The number of ether oxygens (including phenoxy) is 2. The molecule has 0 amide bonds.